The Hall–Kier alpha value is -3.72. The molecule has 1 N–H and O–H groups in total. The van der Waals surface area contributed by atoms with E-state index in [-0.39, 0.29) is 23.6 Å². The Morgan fingerprint density at radius 1 is 1.19 bits per heavy atom. The molecule has 0 bridgehead atoms. The Balaban J connectivity index is 2.17. The van der Waals surface area contributed by atoms with Crippen molar-refractivity contribution in [3.8, 4) is 5.75 Å². The Morgan fingerprint density at radius 2 is 1.94 bits per heavy atom. The highest BCUT2D eigenvalue weighted by Gasteiger charge is 2.46. The first-order chi connectivity index (χ1) is 15.3. The van der Waals surface area contributed by atoms with Crippen molar-refractivity contribution in [1.29, 1.82) is 0 Å². The third-order valence-electron chi connectivity index (χ3n) is 5.35. The maximum atomic E-state index is 13.0. The summed E-state index contributed by atoms with van der Waals surface area (Å²) in [6.07, 6.45) is 0.455. The van der Waals surface area contributed by atoms with Crippen LogP contribution in [0.5, 0.6) is 5.75 Å². The van der Waals surface area contributed by atoms with E-state index in [9.17, 15) is 24.8 Å². The Kier molecular flexibility index (Phi) is 6.89. The van der Waals surface area contributed by atoms with Gasteiger partial charge in [0.15, 0.2) is 0 Å². The fourth-order valence-electron chi connectivity index (χ4n) is 3.83. The molecule has 0 radical (unpaired) electrons. The van der Waals surface area contributed by atoms with Gasteiger partial charge in [0.05, 0.1) is 23.6 Å². The number of carbonyl (C=O) groups excluding carboxylic acids is 2. The summed E-state index contributed by atoms with van der Waals surface area (Å²) >= 11 is 0. The van der Waals surface area contributed by atoms with Crippen molar-refractivity contribution in [2.75, 3.05) is 27.4 Å². The molecule has 1 amide bonds. The van der Waals surface area contributed by atoms with E-state index in [1.807, 2.05) is 0 Å². The number of hydrogen-bond donors (Lipinski definition) is 1. The molecule has 2 aromatic carbocycles. The van der Waals surface area contributed by atoms with Gasteiger partial charge in [-0.3, -0.25) is 19.7 Å². The van der Waals surface area contributed by atoms with E-state index in [1.165, 1.54) is 37.3 Å². The number of carbonyl (C=O) groups is 2. The van der Waals surface area contributed by atoms with Crippen molar-refractivity contribution < 1.29 is 29.1 Å². The molecule has 2 aromatic rings. The monoisotopic (exact) mass is 440 g/mol. The summed E-state index contributed by atoms with van der Waals surface area (Å²) in [4.78, 5) is 37.9. The highest BCUT2D eigenvalue weighted by atomic mass is 16.6. The highest BCUT2D eigenvalue weighted by Crippen LogP contribution is 2.40. The number of nitrogens with zero attached hydrogens (tertiary/aromatic N) is 2. The van der Waals surface area contributed by atoms with Gasteiger partial charge in [-0.15, -0.1) is 0 Å². The van der Waals surface area contributed by atoms with Crippen molar-refractivity contribution in [1.82, 2.24) is 4.90 Å². The number of nitro groups is 1. The van der Waals surface area contributed by atoms with Crippen molar-refractivity contribution >= 4 is 23.1 Å². The summed E-state index contributed by atoms with van der Waals surface area (Å²) < 4.78 is 10.3. The van der Waals surface area contributed by atoms with Gasteiger partial charge in [0.2, 0.25) is 0 Å². The van der Waals surface area contributed by atoms with Crippen LogP contribution in [-0.2, 0) is 14.3 Å². The second-order valence-electron chi connectivity index (χ2n) is 7.38. The first-order valence-corrected chi connectivity index (χ1v) is 9.96. The van der Waals surface area contributed by atoms with Crippen molar-refractivity contribution in [2.24, 2.45) is 0 Å². The van der Waals surface area contributed by atoms with Crippen molar-refractivity contribution in [3.05, 3.63) is 74.8 Å². The van der Waals surface area contributed by atoms with Crippen molar-refractivity contribution in [3.63, 3.8) is 0 Å². The molecule has 3 rings (SSSR count). The van der Waals surface area contributed by atoms with Crippen molar-refractivity contribution in [2.45, 2.75) is 19.4 Å². The van der Waals surface area contributed by atoms with Gasteiger partial charge in [-0.05, 0) is 42.7 Å². The Labute approximate surface area is 185 Å². The maximum Gasteiger partial charge on any atom is 0.295 e. The van der Waals surface area contributed by atoms with Gasteiger partial charge < -0.3 is 19.5 Å². The van der Waals surface area contributed by atoms with Crippen LogP contribution in [0.1, 0.15) is 29.2 Å². The number of benzene rings is 2. The molecule has 1 aliphatic rings. The molecule has 32 heavy (non-hydrogen) atoms. The molecule has 0 aromatic heterocycles. The smallest absolute Gasteiger partial charge is 0.295 e. The number of aryl methyl sites for hydroxylation is 1. The second kappa shape index (κ2) is 9.61. The average Bonchev–Trinajstić information content (AvgIpc) is 3.03. The summed E-state index contributed by atoms with van der Waals surface area (Å²) in [7, 11) is 3.05. The predicted molar refractivity (Wildman–Crippen MR) is 116 cm³/mol. The van der Waals surface area contributed by atoms with Crippen LogP contribution in [0, 0.1) is 17.0 Å². The largest absolute Gasteiger partial charge is 0.507 e. The molecule has 0 unspecified atom stereocenters. The molecule has 168 valence electrons. The number of hydrogen-bond acceptors (Lipinski definition) is 7. The molecular weight excluding hydrogens is 416 g/mol. The maximum absolute atomic E-state index is 13.0. The van der Waals surface area contributed by atoms with Crippen LogP contribution in [0.3, 0.4) is 0 Å². The lowest BCUT2D eigenvalue weighted by Gasteiger charge is -2.25. The minimum absolute atomic E-state index is 0.113. The summed E-state index contributed by atoms with van der Waals surface area (Å²) in [5.41, 5.74) is 1.15. The fraction of sp³-hybridized carbons (Fsp3) is 0.304. The van der Waals surface area contributed by atoms with E-state index in [0.717, 1.165) is 5.56 Å². The number of non-ortho nitro benzene ring substituents is 1. The predicted octanol–water partition coefficient (Wildman–Crippen LogP) is 3.37. The number of Topliss-reactive ketones (excluding diaryl/α,β-unsaturated/α-hetero) is 1. The number of ether oxygens (including phenoxy) is 2. The number of amides is 1. The third-order valence-corrected chi connectivity index (χ3v) is 5.35. The number of ketones is 1. The lowest BCUT2D eigenvalue weighted by Crippen LogP contribution is -2.31. The van der Waals surface area contributed by atoms with Crippen LogP contribution in [0.4, 0.5) is 5.69 Å². The summed E-state index contributed by atoms with van der Waals surface area (Å²) in [5, 5.41) is 22.4. The van der Waals surface area contributed by atoms with Crippen LogP contribution in [0.15, 0.2) is 48.0 Å². The molecule has 1 fully saturated rings. The van der Waals surface area contributed by atoms with E-state index in [2.05, 4.69) is 0 Å². The van der Waals surface area contributed by atoms with Crippen LogP contribution in [0.2, 0.25) is 0 Å². The fourth-order valence-corrected chi connectivity index (χ4v) is 3.83. The van der Waals surface area contributed by atoms with Crippen LogP contribution in [-0.4, -0.2) is 54.0 Å². The summed E-state index contributed by atoms with van der Waals surface area (Å²) in [5.74, 6) is -1.36. The quantitative estimate of drug-likeness (QED) is 0.167. The number of aliphatic hydroxyl groups is 1. The number of likely N-dealkylation sites (tertiary alicyclic amines) is 1. The van der Waals surface area contributed by atoms with Crippen LogP contribution < -0.4 is 4.74 Å². The van der Waals surface area contributed by atoms with Gasteiger partial charge >= 0.3 is 0 Å². The minimum atomic E-state index is -0.964. The van der Waals surface area contributed by atoms with Gasteiger partial charge in [0.25, 0.3) is 17.4 Å². The van der Waals surface area contributed by atoms with Gasteiger partial charge in [-0.25, -0.2) is 0 Å². The van der Waals surface area contributed by atoms with E-state index < -0.39 is 22.7 Å². The molecule has 0 saturated carbocycles. The molecule has 0 aliphatic carbocycles. The number of nitro benzene ring substituents is 1. The second-order valence-corrected chi connectivity index (χ2v) is 7.38. The normalized spacial score (nSPS) is 17.6. The lowest BCUT2D eigenvalue weighted by atomic mass is 9.94. The van der Waals surface area contributed by atoms with Gasteiger partial charge in [-0.2, -0.15) is 0 Å². The molecule has 9 heteroatoms. The SMILES string of the molecule is COCCCN1C(=O)C(=O)/C(=C(/O)c2ccc(OC)c(C)c2)[C@@H]1c1cccc([N+](=O)[O-])c1. The molecule has 9 nitrogen and oxygen atoms in total. The summed E-state index contributed by atoms with van der Waals surface area (Å²) in [6.45, 7) is 2.34. The van der Waals surface area contributed by atoms with E-state index >= 15 is 0 Å². The van der Waals surface area contributed by atoms with Crippen LogP contribution >= 0.6 is 0 Å². The van der Waals surface area contributed by atoms with E-state index in [0.29, 0.717) is 29.9 Å². The van der Waals surface area contributed by atoms with E-state index in [4.69, 9.17) is 9.47 Å². The van der Waals surface area contributed by atoms with E-state index in [1.54, 1.807) is 31.2 Å². The lowest BCUT2D eigenvalue weighted by molar-refractivity contribution is -0.384. The van der Waals surface area contributed by atoms with Crippen LogP contribution in [0.25, 0.3) is 5.76 Å². The zero-order valence-electron chi connectivity index (χ0n) is 18.0. The highest BCUT2D eigenvalue weighted by molar-refractivity contribution is 6.46. The molecule has 0 spiro atoms. The Morgan fingerprint density at radius 3 is 2.56 bits per heavy atom. The molecule has 1 aliphatic heterocycles. The zero-order chi connectivity index (χ0) is 23.4. The standard InChI is InChI=1S/C23H24N2O7/c1-14-12-16(8-9-18(14)32-3)21(26)19-20(15-6-4-7-17(13-15)25(29)30)24(10-5-11-31-2)23(28)22(19)27/h4,6-9,12-13,20,26H,5,10-11H2,1-3H3/b21-19+/t20-/m0/s1. The average molecular weight is 440 g/mol. The molecule has 1 saturated heterocycles. The number of rotatable bonds is 8. The Bertz CT molecular complexity index is 1090. The zero-order valence-corrected chi connectivity index (χ0v) is 18.0. The number of aliphatic hydroxyl groups excluding tert-OH is 1. The number of methoxy groups -OCH3 is 2. The molecule has 1 heterocycles. The first-order valence-electron chi connectivity index (χ1n) is 9.96. The topological polar surface area (TPSA) is 119 Å². The molecular formula is C23H24N2O7. The van der Waals surface area contributed by atoms with Gasteiger partial charge in [-0.1, -0.05) is 12.1 Å². The minimum Gasteiger partial charge on any atom is -0.507 e. The van der Waals surface area contributed by atoms with Gasteiger partial charge in [0.1, 0.15) is 11.5 Å². The molecule has 1 atom stereocenters. The first kappa shape index (κ1) is 23.0. The summed E-state index contributed by atoms with van der Waals surface area (Å²) in [6, 6.07) is 9.65. The third kappa shape index (κ3) is 4.33. The van der Waals surface area contributed by atoms with Gasteiger partial charge in [0, 0.05) is 38.0 Å².